The number of carbonyl (C=O) groups is 2. The van der Waals surface area contributed by atoms with Gasteiger partial charge in [-0.15, -0.1) is 0 Å². The Morgan fingerprint density at radius 2 is 1.46 bits per heavy atom. The number of benzene rings is 1. The van der Waals surface area contributed by atoms with Crippen LogP contribution in [0, 0.1) is 0 Å². The number of hydrogen-bond acceptors (Lipinski definition) is 7. The number of nitrogens with one attached hydrogen (secondary N) is 2. The van der Waals surface area contributed by atoms with Crippen LogP contribution in [0.4, 0.5) is 0 Å². The molecule has 0 fully saturated rings. The van der Waals surface area contributed by atoms with E-state index < -0.39 is 10.0 Å². The molecule has 26 heavy (non-hydrogen) atoms. The van der Waals surface area contributed by atoms with Gasteiger partial charge in [0.15, 0.2) is 0 Å². The fourth-order valence-electron chi connectivity index (χ4n) is 1.79. The molecule has 6 N–H and O–H groups in total. The van der Waals surface area contributed by atoms with E-state index in [0.29, 0.717) is 45.1 Å². The predicted molar refractivity (Wildman–Crippen MR) is 93.9 cm³/mol. The van der Waals surface area contributed by atoms with E-state index >= 15 is 0 Å². The van der Waals surface area contributed by atoms with E-state index in [1.54, 1.807) is 0 Å². The molecule has 0 atom stereocenters. The fourth-order valence-corrected chi connectivity index (χ4v) is 2.31. The third kappa shape index (κ3) is 8.87. The van der Waals surface area contributed by atoms with Crippen LogP contribution in [0.15, 0.2) is 29.2 Å². The van der Waals surface area contributed by atoms with Crippen LogP contribution in [0.1, 0.15) is 10.4 Å². The van der Waals surface area contributed by atoms with Gasteiger partial charge in [0, 0.05) is 18.7 Å². The topological polar surface area (TPSA) is 163 Å². The lowest BCUT2D eigenvalue weighted by atomic mass is 10.2. The van der Waals surface area contributed by atoms with Gasteiger partial charge < -0.3 is 25.8 Å². The number of amides is 2. The zero-order valence-corrected chi connectivity index (χ0v) is 15.1. The summed E-state index contributed by atoms with van der Waals surface area (Å²) in [4.78, 5) is 22.7. The molecule has 1 aromatic carbocycles. The highest BCUT2D eigenvalue weighted by atomic mass is 32.2. The molecular formula is C15H24N4O6S. The molecular weight excluding hydrogens is 364 g/mol. The highest BCUT2D eigenvalue weighted by molar-refractivity contribution is 7.89. The highest BCUT2D eigenvalue weighted by Gasteiger charge is 2.09. The summed E-state index contributed by atoms with van der Waals surface area (Å²) in [5.74, 6) is -0.582. The Balaban J connectivity index is 2.09. The first kappa shape index (κ1) is 22.0. The maximum Gasteiger partial charge on any atom is 0.251 e. The molecule has 0 saturated heterocycles. The fraction of sp³-hybridized carbons (Fsp3) is 0.467. The third-order valence-electron chi connectivity index (χ3n) is 3.10. The summed E-state index contributed by atoms with van der Waals surface area (Å²) in [7, 11) is -3.78. The lowest BCUT2D eigenvalue weighted by molar-refractivity contribution is -0.120. The van der Waals surface area contributed by atoms with Crippen LogP contribution in [0.5, 0.6) is 0 Å². The molecule has 2 amide bonds. The molecule has 1 rings (SSSR count). The summed E-state index contributed by atoms with van der Waals surface area (Å²) < 4.78 is 32.8. The van der Waals surface area contributed by atoms with E-state index in [0.717, 1.165) is 0 Å². The van der Waals surface area contributed by atoms with Gasteiger partial charge in [-0.1, -0.05) is 0 Å². The minimum absolute atomic E-state index is 0.0505. The summed E-state index contributed by atoms with van der Waals surface area (Å²) in [5, 5.41) is 10.2. The monoisotopic (exact) mass is 388 g/mol. The Hall–Kier alpha value is -2.05. The molecule has 0 heterocycles. The van der Waals surface area contributed by atoms with E-state index in [1.165, 1.54) is 24.3 Å². The predicted octanol–water partition coefficient (Wildman–Crippen LogP) is -1.83. The van der Waals surface area contributed by atoms with Crippen LogP contribution in [-0.2, 0) is 24.3 Å². The molecule has 10 nitrogen and oxygen atoms in total. The molecule has 0 unspecified atom stereocenters. The Kier molecular flexibility index (Phi) is 9.76. The van der Waals surface area contributed by atoms with Gasteiger partial charge in [-0.05, 0) is 24.3 Å². The van der Waals surface area contributed by atoms with Gasteiger partial charge in [0.2, 0.25) is 15.9 Å². The van der Waals surface area contributed by atoms with Crippen LogP contribution < -0.4 is 21.5 Å². The number of sulfonamides is 1. The number of carbonyl (C=O) groups excluding carboxylic acids is 2. The van der Waals surface area contributed by atoms with Gasteiger partial charge in [0.25, 0.3) is 5.91 Å². The first-order valence-corrected chi connectivity index (χ1v) is 9.42. The van der Waals surface area contributed by atoms with Gasteiger partial charge in [0.1, 0.15) is 0 Å². The SMILES string of the molecule is NCC(=O)NCCOCCOCCNC(=O)c1ccc(S(N)(=O)=O)cc1. The maximum atomic E-state index is 11.9. The van der Waals surface area contributed by atoms with Crippen LogP contribution in [0.25, 0.3) is 0 Å². The second-order valence-electron chi connectivity index (χ2n) is 5.10. The summed E-state index contributed by atoms with van der Waals surface area (Å²) in [6.07, 6.45) is 0. The Morgan fingerprint density at radius 1 is 0.923 bits per heavy atom. The summed E-state index contributed by atoms with van der Waals surface area (Å²) in [6.45, 7) is 2.00. The maximum absolute atomic E-state index is 11.9. The standard InChI is InChI=1S/C15H24N4O6S/c16-11-14(20)18-5-7-24-9-10-25-8-6-19-15(21)12-1-3-13(4-2-12)26(17,22)23/h1-4H,5-11,16H2,(H,18,20)(H,19,21)(H2,17,22,23). The van der Waals surface area contributed by atoms with Crippen LogP contribution >= 0.6 is 0 Å². The minimum Gasteiger partial charge on any atom is -0.377 e. The first-order chi connectivity index (χ1) is 12.3. The van der Waals surface area contributed by atoms with Crippen molar-refractivity contribution in [2.24, 2.45) is 10.9 Å². The second-order valence-corrected chi connectivity index (χ2v) is 6.67. The third-order valence-corrected chi connectivity index (χ3v) is 4.03. The van der Waals surface area contributed by atoms with Crippen molar-refractivity contribution in [2.75, 3.05) is 46.1 Å². The molecule has 0 aliphatic rings. The van der Waals surface area contributed by atoms with Gasteiger partial charge in [-0.25, -0.2) is 13.6 Å². The van der Waals surface area contributed by atoms with Crippen molar-refractivity contribution in [2.45, 2.75) is 4.90 Å². The normalized spacial score (nSPS) is 11.2. The molecule has 0 spiro atoms. The Labute approximate surface area is 152 Å². The number of rotatable bonds is 12. The first-order valence-electron chi connectivity index (χ1n) is 7.88. The molecule has 0 aliphatic carbocycles. The Bertz CT molecular complexity index is 678. The van der Waals surface area contributed by atoms with Crippen LogP contribution in [0.2, 0.25) is 0 Å². The number of primary sulfonamides is 1. The molecule has 0 saturated carbocycles. The quantitative estimate of drug-likeness (QED) is 0.306. The van der Waals surface area contributed by atoms with E-state index in [-0.39, 0.29) is 23.3 Å². The lowest BCUT2D eigenvalue weighted by Crippen LogP contribution is -2.33. The smallest absolute Gasteiger partial charge is 0.251 e. The van der Waals surface area contributed by atoms with E-state index in [4.69, 9.17) is 20.3 Å². The van der Waals surface area contributed by atoms with Gasteiger partial charge in [-0.3, -0.25) is 9.59 Å². The van der Waals surface area contributed by atoms with Crippen molar-refractivity contribution in [3.8, 4) is 0 Å². The van der Waals surface area contributed by atoms with E-state index in [2.05, 4.69) is 10.6 Å². The number of ether oxygens (including phenoxy) is 2. The van der Waals surface area contributed by atoms with Gasteiger partial charge >= 0.3 is 0 Å². The van der Waals surface area contributed by atoms with Gasteiger partial charge in [0.05, 0.1) is 37.9 Å². The number of hydrogen-bond donors (Lipinski definition) is 4. The number of nitrogens with two attached hydrogens (primary N) is 2. The average Bonchev–Trinajstić information content (AvgIpc) is 2.62. The molecule has 0 aromatic heterocycles. The lowest BCUT2D eigenvalue weighted by Gasteiger charge is -2.08. The van der Waals surface area contributed by atoms with Crippen molar-refractivity contribution in [1.29, 1.82) is 0 Å². The second kappa shape index (κ2) is 11.5. The van der Waals surface area contributed by atoms with Crippen molar-refractivity contribution >= 4 is 21.8 Å². The van der Waals surface area contributed by atoms with Crippen molar-refractivity contribution < 1.29 is 27.5 Å². The van der Waals surface area contributed by atoms with Gasteiger partial charge in [-0.2, -0.15) is 0 Å². The highest BCUT2D eigenvalue weighted by Crippen LogP contribution is 2.08. The largest absolute Gasteiger partial charge is 0.377 e. The zero-order valence-electron chi connectivity index (χ0n) is 14.3. The molecule has 1 aromatic rings. The van der Waals surface area contributed by atoms with E-state index in [1.807, 2.05) is 0 Å². The Morgan fingerprint density at radius 3 is 1.96 bits per heavy atom. The van der Waals surface area contributed by atoms with E-state index in [9.17, 15) is 18.0 Å². The molecule has 0 radical (unpaired) electrons. The summed E-state index contributed by atoms with van der Waals surface area (Å²) in [6, 6.07) is 5.31. The van der Waals surface area contributed by atoms with Crippen LogP contribution in [0.3, 0.4) is 0 Å². The van der Waals surface area contributed by atoms with Crippen LogP contribution in [-0.4, -0.2) is 66.3 Å². The zero-order chi connectivity index (χ0) is 19.4. The molecule has 146 valence electrons. The molecule has 11 heteroatoms. The molecule has 0 aliphatic heterocycles. The average molecular weight is 388 g/mol. The van der Waals surface area contributed by atoms with Crippen molar-refractivity contribution in [1.82, 2.24) is 10.6 Å². The summed E-state index contributed by atoms with van der Waals surface area (Å²) >= 11 is 0. The molecule has 0 bridgehead atoms. The van der Waals surface area contributed by atoms with Crippen molar-refractivity contribution in [3.05, 3.63) is 29.8 Å². The van der Waals surface area contributed by atoms with Crippen molar-refractivity contribution in [3.63, 3.8) is 0 Å². The summed E-state index contributed by atoms with van der Waals surface area (Å²) in [5.41, 5.74) is 5.45. The minimum atomic E-state index is -3.78.